The van der Waals surface area contributed by atoms with Crippen molar-refractivity contribution in [2.45, 2.75) is 26.4 Å². The summed E-state index contributed by atoms with van der Waals surface area (Å²) in [5, 5.41) is 2.71. The molecule has 2 aromatic rings. The third kappa shape index (κ3) is 6.09. The van der Waals surface area contributed by atoms with Crippen LogP contribution in [0.5, 0.6) is 0 Å². The van der Waals surface area contributed by atoms with E-state index in [9.17, 15) is 14.4 Å². The van der Waals surface area contributed by atoms with Crippen LogP contribution in [0.1, 0.15) is 35.3 Å². The highest BCUT2D eigenvalue weighted by atomic mass is 16.5. The zero-order chi connectivity index (χ0) is 20.5. The number of methoxy groups -OCH3 is 1. The lowest BCUT2D eigenvalue weighted by Crippen LogP contribution is -2.29. The Labute approximate surface area is 164 Å². The molecule has 1 N–H and O–H groups in total. The summed E-state index contributed by atoms with van der Waals surface area (Å²) in [5.74, 6) is -1.48. The van der Waals surface area contributed by atoms with Crippen LogP contribution in [0, 0.1) is 0 Å². The van der Waals surface area contributed by atoms with E-state index in [1.165, 1.54) is 31.7 Å². The highest BCUT2D eigenvalue weighted by molar-refractivity contribution is 5.96. The van der Waals surface area contributed by atoms with Crippen LogP contribution in [0.15, 0.2) is 54.6 Å². The molecule has 6 heteroatoms. The van der Waals surface area contributed by atoms with Crippen molar-refractivity contribution < 1.29 is 23.9 Å². The normalized spacial score (nSPS) is 11.7. The molecule has 0 heterocycles. The Balaban J connectivity index is 1.87. The second-order valence-electron chi connectivity index (χ2n) is 6.07. The largest absolute Gasteiger partial charge is 0.465 e. The van der Waals surface area contributed by atoms with E-state index in [-0.39, 0.29) is 0 Å². The number of hydrogen-bond donors (Lipinski definition) is 1. The van der Waals surface area contributed by atoms with E-state index < -0.39 is 23.9 Å². The summed E-state index contributed by atoms with van der Waals surface area (Å²) in [4.78, 5) is 35.5. The molecule has 0 saturated heterocycles. The van der Waals surface area contributed by atoms with Crippen LogP contribution in [0.4, 0.5) is 5.69 Å². The molecular formula is C22H23NO5. The molecule has 2 aromatic carbocycles. The molecule has 6 nitrogen and oxygen atoms in total. The molecule has 0 saturated carbocycles. The van der Waals surface area contributed by atoms with E-state index in [1.807, 2.05) is 24.3 Å². The monoisotopic (exact) mass is 381 g/mol. The third-order valence-electron chi connectivity index (χ3n) is 4.04. The van der Waals surface area contributed by atoms with Crippen molar-refractivity contribution in [2.24, 2.45) is 0 Å². The first kappa shape index (κ1) is 20.9. The number of carbonyl (C=O) groups excluding carboxylic acids is 3. The lowest BCUT2D eigenvalue weighted by Gasteiger charge is -2.12. The molecule has 0 aromatic heterocycles. The van der Waals surface area contributed by atoms with Gasteiger partial charge in [0.1, 0.15) is 0 Å². The van der Waals surface area contributed by atoms with Crippen LogP contribution >= 0.6 is 0 Å². The zero-order valence-corrected chi connectivity index (χ0v) is 16.1. The van der Waals surface area contributed by atoms with Gasteiger partial charge in [0.2, 0.25) is 0 Å². The topological polar surface area (TPSA) is 81.7 Å². The molecular weight excluding hydrogens is 358 g/mol. The quantitative estimate of drug-likeness (QED) is 0.585. The average molecular weight is 381 g/mol. The maximum atomic E-state index is 12.2. The minimum absolute atomic E-state index is 0.409. The summed E-state index contributed by atoms with van der Waals surface area (Å²) in [7, 11) is 1.31. The number of aryl methyl sites for hydroxylation is 1. The standard InChI is InChI=1S/C22H23NO5/c1-4-16-7-12-19(13-8-16)23-21(25)15(2)28-20(24)14-9-17-5-10-18(11-6-17)22(26)27-3/h5-15H,4H2,1-3H3,(H,23,25)/b14-9+/t15-/m1/s1. The lowest BCUT2D eigenvalue weighted by molar-refractivity contribution is -0.148. The van der Waals surface area contributed by atoms with Crippen LogP contribution in [0.2, 0.25) is 0 Å². The molecule has 0 unspecified atom stereocenters. The van der Waals surface area contributed by atoms with Crippen molar-refractivity contribution in [2.75, 3.05) is 12.4 Å². The van der Waals surface area contributed by atoms with Gasteiger partial charge in [0.05, 0.1) is 12.7 Å². The van der Waals surface area contributed by atoms with Gasteiger partial charge in [0.15, 0.2) is 6.10 Å². The molecule has 0 spiro atoms. The lowest BCUT2D eigenvalue weighted by atomic mass is 10.1. The fourth-order valence-electron chi connectivity index (χ4n) is 2.35. The van der Waals surface area contributed by atoms with E-state index in [1.54, 1.807) is 24.3 Å². The number of esters is 2. The first-order chi connectivity index (χ1) is 13.4. The summed E-state index contributed by atoms with van der Waals surface area (Å²) in [6.07, 6.45) is 2.74. The van der Waals surface area contributed by atoms with Gasteiger partial charge in [-0.1, -0.05) is 31.2 Å². The summed E-state index contributed by atoms with van der Waals surface area (Å²) >= 11 is 0. The first-order valence-corrected chi connectivity index (χ1v) is 8.89. The molecule has 146 valence electrons. The number of carbonyl (C=O) groups is 3. The van der Waals surface area contributed by atoms with E-state index in [0.717, 1.165) is 6.42 Å². The molecule has 0 bridgehead atoms. The van der Waals surface area contributed by atoms with E-state index in [0.29, 0.717) is 16.8 Å². The molecule has 28 heavy (non-hydrogen) atoms. The Hall–Kier alpha value is -3.41. The number of nitrogens with one attached hydrogen (secondary N) is 1. The van der Waals surface area contributed by atoms with Crippen molar-refractivity contribution in [3.05, 3.63) is 71.3 Å². The van der Waals surface area contributed by atoms with Crippen LogP contribution in [-0.4, -0.2) is 31.1 Å². The van der Waals surface area contributed by atoms with Gasteiger partial charge in [-0.05, 0) is 54.8 Å². The van der Waals surface area contributed by atoms with Crippen molar-refractivity contribution in [3.63, 3.8) is 0 Å². The summed E-state index contributed by atoms with van der Waals surface area (Å²) in [5.41, 5.74) is 2.94. The van der Waals surface area contributed by atoms with Gasteiger partial charge < -0.3 is 14.8 Å². The fraction of sp³-hybridized carbons (Fsp3) is 0.227. The van der Waals surface area contributed by atoms with E-state index >= 15 is 0 Å². The smallest absolute Gasteiger partial charge is 0.337 e. The van der Waals surface area contributed by atoms with Gasteiger partial charge in [0.25, 0.3) is 5.91 Å². The van der Waals surface area contributed by atoms with Crippen molar-refractivity contribution in [1.82, 2.24) is 0 Å². The van der Waals surface area contributed by atoms with Gasteiger partial charge in [0, 0.05) is 11.8 Å². The van der Waals surface area contributed by atoms with E-state index in [4.69, 9.17) is 4.74 Å². The minimum Gasteiger partial charge on any atom is -0.465 e. The summed E-state index contributed by atoms with van der Waals surface area (Å²) < 4.78 is 9.74. The average Bonchev–Trinajstić information content (AvgIpc) is 2.72. The predicted molar refractivity (Wildman–Crippen MR) is 107 cm³/mol. The van der Waals surface area contributed by atoms with E-state index in [2.05, 4.69) is 17.0 Å². The highest BCUT2D eigenvalue weighted by Gasteiger charge is 2.16. The zero-order valence-electron chi connectivity index (χ0n) is 16.1. The molecule has 0 radical (unpaired) electrons. The fourth-order valence-corrected chi connectivity index (χ4v) is 2.35. The van der Waals surface area contributed by atoms with Gasteiger partial charge in [-0.25, -0.2) is 9.59 Å². The van der Waals surface area contributed by atoms with Crippen molar-refractivity contribution in [1.29, 1.82) is 0 Å². The number of rotatable bonds is 7. The molecule has 0 aliphatic rings. The van der Waals surface area contributed by atoms with Gasteiger partial charge in [-0.3, -0.25) is 4.79 Å². The summed E-state index contributed by atoms with van der Waals surface area (Å²) in [6.45, 7) is 3.56. The Morgan fingerprint density at radius 1 is 1.04 bits per heavy atom. The van der Waals surface area contributed by atoms with Crippen molar-refractivity contribution in [3.8, 4) is 0 Å². The Morgan fingerprint density at radius 2 is 1.68 bits per heavy atom. The van der Waals surface area contributed by atoms with Crippen LogP contribution in [0.3, 0.4) is 0 Å². The first-order valence-electron chi connectivity index (χ1n) is 8.89. The molecule has 1 atom stereocenters. The minimum atomic E-state index is -0.940. The number of ether oxygens (including phenoxy) is 2. The van der Waals surface area contributed by atoms with Gasteiger partial charge >= 0.3 is 11.9 Å². The molecule has 1 amide bonds. The second-order valence-corrected chi connectivity index (χ2v) is 6.07. The van der Waals surface area contributed by atoms with Gasteiger partial charge in [-0.15, -0.1) is 0 Å². The Kier molecular flexibility index (Phi) is 7.51. The molecule has 0 aliphatic heterocycles. The predicted octanol–water partition coefficient (Wildman–Crippen LogP) is 3.62. The van der Waals surface area contributed by atoms with Gasteiger partial charge in [-0.2, -0.15) is 0 Å². The SMILES string of the molecule is CCc1ccc(NC(=O)[C@@H](C)OC(=O)/C=C/c2ccc(C(=O)OC)cc2)cc1. The van der Waals surface area contributed by atoms with Crippen LogP contribution < -0.4 is 5.32 Å². The Bertz CT molecular complexity index is 854. The highest BCUT2D eigenvalue weighted by Crippen LogP contribution is 2.11. The number of benzene rings is 2. The number of hydrogen-bond acceptors (Lipinski definition) is 5. The number of anilines is 1. The number of amides is 1. The van der Waals surface area contributed by atoms with Crippen molar-refractivity contribution >= 4 is 29.6 Å². The van der Waals surface area contributed by atoms with Crippen LogP contribution in [0.25, 0.3) is 6.08 Å². The maximum Gasteiger partial charge on any atom is 0.337 e. The maximum absolute atomic E-state index is 12.2. The summed E-state index contributed by atoms with van der Waals surface area (Å²) in [6, 6.07) is 14.0. The second kappa shape index (κ2) is 10.1. The molecule has 0 aliphatic carbocycles. The Morgan fingerprint density at radius 3 is 2.25 bits per heavy atom. The molecule has 2 rings (SSSR count). The molecule has 0 fully saturated rings. The van der Waals surface area contributed by atoms with Crippen LogP contribution in [-0.2, 0) is 25.5 Å². The third-order valence-corrected chi connectivity index (χ3v) is 4.04.